The van der Waals surface area contributed by atoms with E-state index in [0.717, 1.165) is 23.3 Å². The summed E-state index contributed by atoms with van der Waals surface area (Å²) in [6, 6.07) is 7.79. The Morgan fingerprint density at radius 1 is 1.05 bits per heavy atom. The van der Waals surface area contributed by atoms with Crippen LogP contribution in [0.3, 0.4) is 0 Å². The summed E-state index contributed by atoms with van der Waals surface area (Å²) in [5, 5.41) is -0.970. The van der Waals surface area contributed by atoms with Crippen molar-refractivity contribution in [3.05, 3.63) is 29.8 Å². The second-order valence-corrected chi connectivity index (χ2v) is 5.51. The Bertz CT molecular complexity index is 455. The molecule has 1 rings (SSSR count). The number of aryl methyl sites for hydroxylation is 1. The standard InChI is InChI=1S/C16H22O4S/c1-4-9-12-10-7-8-11-13(12)21-14(15(17)19-5-2)16(18)20-6-3/h7-8,10-11,14H,4-6,9H2,1-3H3. The quantitative estimate of drug-likeness (QED) is 0.419. The van der Waals surface area contributed by atoms with Crippen LogP contribution >= 0.6 is 11.8 Å². The summed E-state index contributed by atoms with van der Waals surface area (Å²) in [6.45, 7) is 6.01. The van der Waals surface area contributed by atoms with Gasteiger partial charge in [0.05, 0.1) is 13.2 Å². The molecule has 0 aliphatic carbocycles. The first kappa shape index (κ1) is 17.6. The third kappa shape index (κ3) is 5.42. The molecule has 0 aliphatic rings. The molecule has 0 spiro atoms. The summed E-state index contributed by atoms with van der Waals surface area (Å²) in [7, 11) is 0. The molecule has 0 heterocycles. The highest BCUT2D eigenvalue weighted by molar-refractivity contribution is 8.01. The van der Waals surface area contributed by atoms with Gasteiger partial charge in [-0.15, -0.1) is 0 Å². The van der Waals surface area contributed by atoms with Crippen LogP contribution in [0.15, 0.2) is 29.2 Å². The third-order valence-corrected chi connectivity index (χ3v) is 4.01. The van der Waals surface area contributed by atoms with Gasteiger partial charge < -0.3 is 9.47 Å². The summed E-state index contributed by atoms with van der Waals surface area (Å²) in [6.07, 6.45) is 1.91. The van der Waals surface area contributed by atoms with E-state index in [2.05, 4.69) is 6.92 Å². The molecule has 0 unspecified atom stereocenters. The number of thioether (sulfide) groups is 1. The first-order chi connectivity index (χ1) is 10.1. The zero-order valence-corrected chi connectivity index (χ0v) is 13.6. The van der Waals surface area contributed by atoms with Gasteiger partial charge in [-0.2, -0.15) is 0 Å². The maximum Gasteiger partial charge on any atom is 0.331 e. The average molecular weight is 310 g/mol. The van der Waals surface area contributed by atoms with Gasteiger partial charge in [0.2, 0.25) is 5.25 Å². The second kappa shape index (κ2) is 9.45. The highest BCUT2D eigenvalue weighted by Crippen LogP contribution is 2.29. The molecule has 0 atom stereocenters. The lowest BCUT2D eigenvalue weighted by Gasteiger charge is -2.16. The molecule has 0 N–H and O–H groups in total. The fraction of sp³-hybridized carbons (Fsp3) is 0.500. The lowest BCUT2D eigenvalue weighted by Crippen LogP contribution is -2.31. The van der Waals surface area contributed by atoms with Crippen molar-refractivity contribution in [3.63, 3.8) is 0 Å². The van der Waals surface area contributed by atoms with Crippen molar-refractivity contribution in [3.8, 4) is 0 Å². The Balaban J connectivity index is 2.95. The molecule has 1 aromatic carbocycles. The summed E-state index contributed by atoms with van der Waals surface area (Å²) >= 11 is 1.20. The van der Waals surface area contributed by atoms with Crippen molar-refractivity contribution in [2.75, 3.05) is 13.2 Å². The largest absolute Gasteiger partial charge is 0.465 e. The van der Waals surface area contributed by atoms with E-state index in [4.69, 9.17) is 9.47 Å². The molecule has 0 aromatic heterocycles. The summed E-state index contributed by atoms with van der Waals surface area (Å²) in [5.41, 5.74) is 1.13. The van der Waals surface area contributed by atoms with Crippen LogP contribution in [-0.2, 0) is 25.5 Å². The molecule has 0 saturated carbocycles. The van der Waals surface area contributed by atoms with Gasteiger partial charge in [0.15, 0.2) is 0 Å². The van der Waals surface area contributed by atoms with Crippen LogP contribution in [0.1, 0.15) is 32.8 Å². The number of benzene rings is 1. The van der Waals surface area contributed by atoms with E-state index in [-0.39, 0.29) is 13.2 Å². The van der Waals surface area contributed by atoms with Gasteiger partial charge in [0, 0.05) is 4.90 Å². The number of rotatable bonds is 8. The predicted molar refractivity (Wildman–Crippen MR) is 83.3 cm³/mol. The van der Waals surface area contributed by atoms with Crippen LogP contribution in [0, 0.1) is 0 Å². The lowest BCUT2D eigenvalue weighted by molar-refractivity contribution is -0.152. The minimum Gasteiger partial charge on any atom is -0.465 e. The predicted octanol–water partition coefficient (Wildman–Crippen LogP) is 3.23. The van der Waals surface area contributed by atoms with Gasteiger partial charge in [-0.1, -0.05) is 43.3 Å². The van der Waals surface area contributed by atoms with E-state index in [1.165, 1.54) is 11.8 Å². The smallest absolute Gasteiger partial charge is 0.331 e. The number of ether oxygens (including phenoxy) is 2. The minimum absolute atomic E-state index is 0.242. The molecule has 0 amide bonds. The van der Waals surface area contributed by atoms with Crippen LogP contribution in [0.2, 0.25) is 0 Å². The molecular formula is C16H22O4S. The molecule has 116 valence electrons. The Kier molecular flexibility index (Phi) is 7.90. The molecule has 0 aliphatic heterocycles. The van der Waals surface area contributed by atoms with Crippen LogP contribution in [0.25, 0.3) is 0 Å². The third-order valence-electron chi connectivity index (χ3n) is 2.74. The van der Waals surface area contributed by atoms with Crippen LogP contribution < -0.4 is 0 Å². The molecule has 0 radical (unpaired) electrons. The Morgan fingerprint density at radius 3 is 2.14 bits per heavy atom. The van der Waals surface area contributed by atoms with Crippen molar-refractivity contribution in [2.24, 2.45) is 0 Å². The van der Waals surface area contributed by atoms with Crippen molar-refractivity contribution in [2.45, 2.75) is 43.8 Å². The SMILES string of the molecule is CCCc1ccccc1SC(C(=O)OCC)C(=O)OCC. The van der Waals surface area contributed by atoms with E-state index in [1.54, 1.807) is 13.8 Å². The van der Waals surface area contributed by atoms with Crippen molar-refractivity contribution in [1.82, 2.24) is 0 Å². The van der Waals surface area contributed by atoms with Crippen molar-refractivity contribution < 1.29 is 19.1 Å². The Labute approximate surface area is 130 Å². The molecule has 21 heavy (non-hydrogen) atoms. The van der Waals surface area contributed by atoms with Crippen LogP contribution in [-0.4, -0.2) is 30.4 Å². The molecule has 0 saturated heterocycles. The Hall–Kier alpha value is -1.49. The summed E-state index contributed by atoms with van der Waals surface area (Å²) in [5.74, 6) is -1.10. The molecule has 4 nitrogen and oxygen atoms in total. The molecule has 0 fully saturated rings. The number of hydrogen-bond acceptors (Lipinski definition) is 5. The first-order valence-corrected chi connectivity index (χ1v) is 8.09. The maximum absolute atomic E-state index is 12.0. The zero-order valence-electron chi connectivity index (χ0n) is 12.8. The van der Waals surface area contributed by atoms with E-state index in [0.29, 0.717) is 0 Å². The highest BCUT2D eigenvalue weighted by Gasteiger charge is 2.31. The van der Waals surface area contributed by atoms with E-state index in [1.807, 2.05) is 24.3 Å². The summed E-state index contributed by atoms with van der Waals surface area (Å²) < 4.78 is 9.97. The van der Waals surface area contributed by atoms with Gasteiger partial charge in [-0.3, -0.25) is 9.59 Å². The van der Waals surface area contributed by atoms with Gasteiger partial charge in [0.1, 0.15) is 0 Å². The van der Waals surface area contributed by atoms with Crippen molar-refractivity contribution in [1.29, 1.82) is 0 Å². The number of hydrogen-bond donors (Lipinski definition) is 0. The van der Waals surface area contributed by atoms with Gasteiger partial charge in [-0.05, 0) is 31.9 Å². The minimum atomic E-state index is -0.970. The normalized spacial score (nSPS) is 10.5. The van der Waals surface area contributed by atoms with E-state index in [9.17, 15) is 9.59 Å². The van der Waals surface area contributed by atoms with Crippen molar-refractivity contribution >= 4 is 23.7 Å². The lowest BCUT2D eigenvalue weighted by atomic mass is 10.1. The fourth-order valence-electron chi connectivity index (χ4n) is 1.85. The highest BCUT2D eigenvalue weighted by atomic mass is 32.2. The first-order valence-electron chi connectivity index (χ1n) is 7.21. The number of carbonyl (C=O) groups excluding carboxylic acids is 2. The van der Waals surface area contributed by atoms with Gasteiger partial charge in [-0.25, -0.2) is 0 Å². The van der Waals surface area contributed by atoms with E-state index >= 15 is 0 Å². The molecule has 0 bridgehead atoms. The fourth-order valence-corrected chi connectivity index (χ4v) is 2.91. The topological polar surface area (TPSA) is 52.6 Å². The van der Waals surface area contributed by atoms with Gasteiger partial charge in [0.25, 0.3) is 0 Å². The molecule has 1 aromatic rings. The number of esters is 2. The van der Waals surface area contributed by atoms with Gasteiger partial charge >= 0.3 is 11.9 Å². The monoisotopic (exact) mass is 310 g/mol. The second-order valence-electron chi connectivity index (χ2n) is 4.36. The average Bonchev–Trinajstić information content (AvgIpc) is 2.47. The molecule has 5 heteroatoms. The van der Waals surface area contributed by atoms with E-state index < -0.39 is 17.2 Å². The molecular weight excluding hydrogens is 288 g/mol. The zero-order chi connectivity index (χ0) is 15.7. The number of carbonyl (C=O) groups is 2. The van der Waals surface area contributed by atoms with Crippen LogP contribution in [0.5, 0.6) is 0 Å². The Morgan fingerprint density at radius 2 is 1.62 bits per heavy atom. The maximum atomic E-state index is 12.0. The van der Waals surface area contributed by atoms with Crippen LogP contribution in [0.4, 0.5) is 0 Å². The summed E-state index contributed by atoms with van der Waals surface area (Å²) in [4.78, 5) is 24.9.